The van der Waals surface area contributed by atoms with Crippen LogP contribution >= 0.6 is 11.3 Å². The number of carbonyl (C=O) groups is 1. The van der Waals surface area contributed by atoms with Crippen LogP contribution in [0.15, 0.2) is 30.3 Å². The summed E-state index contributed by atoms with van der Waals surface area (Å²) in [4.78, 5) is 12.4. The lowest BCUT2D eigenvalue weighted by molar-refractivity contribution is 0.0702. The molecule has 3 heteroatoms. The maximum absolute atomic E-state index is 11.0. The van der Waals surface area contributed by atoms with Gasteiger partial charge in [0.2, 0.25) is 0 Å². The molecule has 1 fully saturated rings. The Labute approximate surface area is 146 Å². The molecule has 0 spiro atoms. The van der Waals surface area contributed by atoms with Crippen molar-refractivity contribution in [1.82, 2.24) is 0 Å². The molecule has 1 aromatic carbocycles. The topological polar surface area (TPSA) is 37.3 Å². The lowest BCUT2D eigenvalue weighted by Crippen LogP contribution is -2.18. The van der Waals surface area contributed by atoms with E-state index in [4.69, 9.17) is 5.11 Å². The first-order valence-corrected chi connectivity index (χ1v) is 9.29. The summed E-state index contributed by atoms with van der Waals surface area (Å²) in [6.07, 6.45) is 5.96. The molecule has 124 valence electrons. The Morgan fingerprint density at radius 1 is 1.12 bits per heavy atom. The molecular formula is C21H22O2S. The van der Waals surface area contributed by atoms with Crippen LogP contribution in [0.3, 0.4) is 0 Å². The second kappa shape index (κ2) is 5.06. The number of hydrogen-bond acceptors (Lipinski definition) is 2. The second-order valence-corrected chi connectivity index (χ2v) is 9.01. The predicted octanol–water partition coefficient (Wildman–Crippen LogP) is 5.72. The summed E-state index contributed by atoms with van der Waals surface area (Å²) in [5, 5.41) is 9.06. The van der Waals surface area contributed by atoms with E-state index in [9.17, 15) is 4.79 Å². The highest BCUT2D eigenvalue weighted by atomic mass is 32.1. The fourth-order valence-electron chi connectivity index (χ4n) is 4.71. The summed E-state index contributed by atoms with van der Waals surface area (Å²) in [7, 11) is 0. The van der Waals surface area contributed by atoms with Crippen LogP contribution in [0.4, 0.5) is 0 Å². The lowest BCUT2D eigenvalue weighted by atomic mass is 9.77. The van der Waals surface area contributed by atoms with Gasteiger partial charge in [-0.05, 0) is 77.5 Å². The Hall–Kier alpha value is -1.87. The van der Waals surface area contributed by atoms with E-state index < -0.39 is 5.97 Å². The smallest absolute Gasteiger partial charge is 0.345 e. The van der Waals surface area contributed by atoms with Gasteiger partial charge in [0.05, 0.1) is 0 Å². The van der Waals surface area contributed by atoms with Gasteiger partial charge in [0.25, 0.3) is 0 Å². The van der Waals surface area contributed by atoms with Crippen LogP contribution in [0, 0.1) is 0 Å². The first-order chi connectivity index (χ1) is 11.3. The second-order valence-electron chi connectivity index (χ2n) is 7.89. The van der Waals surface area contributed by atoms with Crippen LogP contribution in [0.5, 0.6) is 0 Å². The first kappa shape index (κ1) is 15.6. The lowest BCUT2D eigenvalue weighted by Gasteiger charge is -2.27. The normalized spacial score (nSPS) is 28.2. The molecular weight excluding hydrogens is 316 g/mol. The number of carboxylic acid groups (broad SMARTS) is 1. The summed E-state index contributed by atoms with van der Waals surface area (Å²) < 4.78 is 0. The van der Waals surface area contributed by atoms with Gasteiger partial charge in [0.1, 0.15) is 4.88 Å². The Bertz CT molecular complexity index is 876. The van der Waals surface area contributed by atoms with Crippen molar-refractivity contribution in [3.05, 3.63) is 56.8 Å². The standard InChI is InChI=1S/C21H22O2S/c1-13(10-15-5-7-18(24-15)19(22)23)14-4-6-16-17(11-14)21(3)9-8-20(16,2)12-21/h4-7,10-11H,8-9,12H2,1-3H3,(H,22,23)/b13-10+. The third-order valence-electron chi connectivity index (χ3n) is 5.98. The van der Waals surface area contributed by atoms with Crippen LogP contribution in [0.25, 0.3) is 11.6 Å². The number of benzene rings is 1. The van der Waals surface area contributed by atoms with Crippen LogP contribution in [-0.2, 0) is 10.8 Å². The van der Waals surface area contributed by atoms with E-state index >= 15 is 0 Å². The fourth-order valence-corrected chi connectivity index (χ4v) is 5.56. The third-order valence-corrected chi connectivity index (χ3v) is 7.00. The summed E-state index contributed by atoms with van der Waals surface area (Å²) in [6.45, 7) is 6.93. The number of hydrogen-bond donors (Lipinski definition) is 1. The van der Waals surface area contributed by atoms with Crippen molar-refractivity contribution >= 4 is 29.0 Å². The van der Waals surface area contributed by atoms with Crippen molar-refractivity contribution in [3.8, 4) is 0 Å². The van der Waals surface area contributed by atoms with Crippen molar-refractivity contribution < 1.29 is 9.90 Å². The van der Waals surface area contributed by atoms with Crippen molar-refractivity contribution in [1.29, 1.82) is 0 Å². The minimum atomic E-state index is -0.855. The molecule has 2 bridgehead atoms. The van der Waals surface area contributed by atoms with Gasteiger partial charge in [-0.15, -0.1) is 11.3 Å². The minimum Gasteiger partial charge on any atom is -0.477 e. The maximum atomic E-state index is 11.0. The van der Waals surface area contributed by atoms with Crippen LogP contribution in [-0.4, -0.2) is 11.1 Å². The average molecular weight is 338 g/mol. The van der Waals surface area contributed by atoms with Gasteiger partial charge >= 0.3 is 5.97 Å². The molecule has 1 heterocycles. The van der Waals surface area contributed by atoms with E-state index in [0.29, 0.717) is 15.7 Å². The van der Waals surface area contributed by atoms with Crippen molar-refractivity contribution in [3.63, 3.8) is 0 Å². The Kier molecular flexibility index (Phi) is 3.30. The molecule has 2 aliphatic rings. The van der Waals surface area contributed by atoms with Gasteiger partial charge in [-0.3, -0.25) is 0 Å². The Morgan fingerprint density at radius 3 is 2.50 bits per heavy atom. The first-order valence-electron chi connectivity index (χ1n) is 8.48. The number of carboxylic acids is 1. The van der Waals surface area contributed by atoms with E-state index in [1.54, 1.807) is 6.07 Å². The summed E-state index contributed by atoms with van der Waals surface area (Å²) in [5.74, 6) is -0.855. The van der Waals surface area contributed by atoms with Gasteiger partial charge in [-0.2, -0.15) is 0 Å². The zero-order chi connectivity index (χ0) is 17.1. The van der Waals surface area contributed by atoms with Gasteiger partial charge in [0, 0.05) is 4.88 Å². The molecule has 2 unspecified atom stereocenters. The molecule has 2 aromatic rings. The molecule has 1 aromatic heterocycles. The number of rotatable bonds is 3. The zero-order valence-electron chi connectivity index (χ0n) is 14.3. The molecule has 1 N–H and O–H groups in total. The molecule has 0 aliphatic heterocycles. The number of fused-ring (bicyclic) bond motifs is 5. The van der Waals surface area contributed by atoms with Gasteiger partial charge in [-0.25, -0.2) is 4.79 Å². The Balaban J connectivity index is 1.70. The molecule has 0 saturated heterocycles. The van der Waals surface area contributed by atoms with E-state index in [1.165, 1.54) is 52.9 Å². The average Bonchev–Trinajstić information content (AvgIpc) is 3.18. The SMILES string of the molecule is C/C(=C\c1ccc(C(=O)O)s1)c1ccc2c(c1)C1(C)CCC2(C)C1. The Morgan fingerprint density at radius 2 is 1.83 bits per heavy atom. The molecule has 24 heavy (non-hydrogen) atoms. The van der Waals surface area contributed by atoms with Crippen molar-refractivity contribution in [2.75, 3.05) is 0 Å². The van der Waals surface area contributed by atoms with E-state index in [2.05, 4.69) is 45.0 Å². The van der Waals surface area contributed by atoms with E-state index in [1.807, 2.05) is 6.07 Å². The highest BCUT2D eigenvalue weighted by Crippen LogP contribution is 2.60. The molecule has 2 atom stereocenters. The van der Waals surface area contributed by atoms with Crippen LogP contribution in [0.2, 0.25) is 0 Å². The molecule has 1 saturated carbocycles. The summed E-state index contributed by atoms with van der Waals surface area (Å²) >= 11 is 1.32. The minimum absolute atomic E-state index is 0.333. The molecule has 2 aliphatic carbocycles. The highest BCUT2D eigenvalue weighted by Gasteiger charge is 2.52. The molecule has 0 amide bonds. The van der Waals surface area contributed by atoms with Crippen LogP contribution in [0.1, 0.15) is 71.3 Å². The molecule has 4 rings (SSSR count). The third kappa shape index (κ3) is 2.26. The van der Waals surface area contributed by atoms with Crippen LogP contribution < -0.4 is 0 Å². The van der Waals surface area contributed by atoms with E-state index in [0.717, 1.165) is 4.88 Å². The van der Waals surface area contributed by atoms with Crippen molar-refractivity contribution in [2.45, 2.75) is 50.9 Å². The summed E-state index contributed by atoms with van der Waals surface area (Å²) in [5.41, 5.74) is 6.20. The largest absolute Gasteiger partial charge is 0.477 e. The van der Waals surface area contributed by atoms with Crippen molar-refractivity contribution in [2.24, 2.45) is 0 Å². The van der Waals surface area contributed by atoms with Gasteiger partial charge in [0.15, 0.2) is 0 Å². The molecule has 2 nitrogen and oxygen atoms in total. The summed E-state index contributed by atoms with van der Waals surface area (Å²) in [6, 6.07) is 10.5. The fraction of sp³-hybridized carbons (Fsp3) is 0.381. The zero-order valence-corrected chi connectivity index (χ0v) is 15.2. The van der Waals surface area contributed by atoms with Gasteiger partial charge < -0.3 is 5.11 Å². The highest BCUT2D eigenvalue weighted by molar-refractivity contribution is 7.14. The number of thiophene rings is 1. The number of allylic oxidation sites excluding steroid dienone is 1. The predicted molar refractivity (Wildman–Crippen MR) is 99.8 cm³/mol. The van der Waals surface area contributed by atoms with Gasteiger partial charge in [-0.1, -0.05) is 32.0 Å². The maximum Gasteiger partial charge on any atom is 0.345 e. The number of aromatic carboxylic acids is 1. The molecule has 0 radical (unpaired) electrons. The quantitative estimate of drug-likeness (QED) is 0.777. The monoisotopic (exact) mass is 338 g/mol. The van der Waals surface area contributed by atoms with E-state index in [-0.39, 0.29) is 0 Å².